The van der Waals surface area contributed by atoms with Gasteiger partial charge in [0.2, 0.25) is 0 Å². The van der Waals surface area contributed by atoms with E-state index in [0.29, 0.717) is 68.5 Å². The smallest absolute Gasteiger partial charge is 0.372 e. The van der Waals surface area contributed by atoms with E-state index in [1.165, 1.54) is 79.6 Å². The molecule has 11 rings (SSSR count). The van der Waals surface area contributed by atoms with Crippen LogP contribution >= 0.6 is 57.2 Å². The Morgan fingerprint density at radius 3 is 1.41 bits per heavy atom. The minimum atomic E-state index is -0.496. The van der Waals surface area contributed by atoms with Crippen LogP contribution in [-0.2, 0) is 0 Å². The number of nitrogens with zero attached hydrogens (tertiary/aromatic N) is 14. The molecule has 23 nitrogen and oxygen atoms in total. The summed E-state index contributed by atoms with van der Waals surface area (Å²) < 4.78 is 54.2. The Balaban J connectivity index is 0.000000192. The van der Waals surface area contributed by atoms with Crippen LogP contribution in [-0.4, -0.2) is 134 Å². The monoisotopic (exact) mass is 1280 g/mol. The fourth-order valence-corrected chi connectivity index (χ4v) is 9.34. The molecule has 0 radical (unpaired) electrons. The van der Waals surface area contributed by atoms with Gasteiger partial charge in [-0.3, -0.25) is 0 Å². The number of carbonyl (C=O) groups excluding carboxylic acids is 2. The predicted octanol–water partition coefficient (Wildman–Crippen LogP) is 10.7. The zero-order valence-electron chi connectivity index (χ0n) is 43.9. The summed E-state index contributed by atoms with van der Waals surface area (Å²) in [6, 6.07) is 16.2. The molecule has 1 amide bonds. The molecule has 0 aliphatic heterocycles. The van der Waals surface area contributed by atoms with Crippen molar-refractivity contribution in [1.82, 2.24) is 74.4 Å². The molecule has 2 saturated carbocycles. The highest BCUT2D eigenvalue weighted by molar-refractivity contribution is 8.93. The number of fused-ring (bicyclic) bond motifs is 2. The Morgan fingerprint density at radius 2 is 1.01 bits per heavy atom. The van der Waals surface area contributed by atoms with Crippen LogP contribution in [0.3, 0.4) is 0 Å². The first-order chi connectivity index (χ1) is 38.4. The number of hydrogen-bond donors (Lipinski definition) is 3. The molecule has 5 aromatic heterocycles. The van der Waals surface area contributed by atoms with Gasteiger partial charge in [0.25, 0.3) is 0 Å². The predicted molar refractivity (Wildman–Crippen MR) is 309 cm³/mol. The van der Waals surface area contributed by atoms with Gasteiger partial charge in [0.15, 0.2) is 23.0 Å². The average Bonchev–Trinajstić information content (AvgIpc) is 4.41. The summed E-state index contributed by atoms with van der Waals surface area (Å²) >= 11 is 11.8. The summed E-state index contributed by atoms with van der Waals surface area (Å²) in [7, 11) is 6.98. The van der Waals surface area contributed by atoms with Crippen molar-refractivity contribution < 1.29 is 37.3 Å². The third-order valence-electron chi connectivity index (χ3n) is 13.2. The number of ether oxygens (including phenoxy) is 4. The summed E-state index contributed by atoms with van der Waals surface area (Å²) in [5.41, 5.74) is 2.59. The normalized spacial score (nSPS) is 16.4. The highest BCUT2D eigenvalue weighted by Crippen LogP contribution is 2.39. The Morgan fingerprint density at radius 1 is 0.580 bits per heavy atom. The highest BCUT2D eigenvalue weighted by Gasteiger charge is 2.30. The fraction of sp³-hybridized carbons (Fsp3) is 0.308. The number of aromatic nitrogens is 13. The Kier molecular flexibility index (Phi) is 21.5. The van der Waals surface area contributed by atoms with E-state index in [1.807, 2.05) is 25.2 Å². The van der Waals surface area contributed by atoms with Crippen molar-refractivity contribution in [2.24, 2.45) is 0 Å². The van der Waals surface area contributed by atoms with Crippen LogP contribution in [0.2, 0.25) is 10.0 Å². The van der Waals surface area contributed by atoms with Gasteiger partial charge in [0, 0.05) is 53.4 Å². The topological polar surface area (TPSA) is 254 Å². The zero-order valence-corrected chi connectivity index (χ0v) is 48.8. The zero-order chi connectivity index (χ0) is 55.4. The molecule has 0 saturated heterocycles. The number of rotatable bonds is 12. The SMILES string of the molecule is Br.Br.CNC1CCC(Oc2cc3c(Nc4ccc(F)c(Cl)c4)ncnc3cc2OC)CC1.COc1cc2ncnc(Nc3ccc(F)c(Cl)c3)c2cc1OC1CCC(N(C)C(=O)n2cncn2)CC1.O=C(n1cncn1)n1cncn1. The number of carbonyl (C=O) groups is 2. The van der Waals surface area contributed by atoms with E-state index in [-0.39, 0.29) is 68.3 Å². The molecule has 9 aromatic rings. The van der Waals surface area contributed by atoms with Crippen LogP contribution in [0.25, 0.3) is 21.8 Å². The molecule has 3 N–H and O–H groups in total. The standard InChI is InChI=1S/C25H25ClFN7O3.C22H24ClFN4O2.C5H4N6O.2BrH/c1-33(25(35)34-14-28-12-31-34)16-4-6-17(7-5-16)37-23-10-18-21(11-22(23)36-2)29-13-30-24(18)32-15-3-8-20(27)19(26)9-15;1-25-13-3-6-15(7-4-13)30-21-10-16-19(11-20(21)29-2)26-12-27-22(16)28-14-5-8-18(24)17(23)9-14;12-5(10-3-6-1-8-10)11-4-7-2-9-11;;/h3,8-14,16-17H,4-7H2,1-2H3,(H,29,30,32);5,8-13,15,25H,3-4,6-7H2,1-2H3,(H,26,27,28);1-4H;2*1H. The Labute approximate surface area is 493 Å². The summed E-state index contributed by atoms with van der Waals surface area (Å²) in [6.07, 6.45) is 18.1. The van der Waals surface area contributed by atoms with E-state index < -0.39 is 17.7 Å². The number of anilines is 4. The first kappa shape index (κ1) is 60.9. The molecule has 5 heterocycles. The second-order valence-electron chi connectivity index (χ2n) is 18.1. The maximum absolute atomic E-state index is 13.6. The van der Waals surface area contributed by atoms with Crippen molar-refractivity contribution in [3.8, 4) is 23.0 Å². The van der Waals surface area contributed by atoms with Crippen molar-refractivity contribution in [2.75, 3.05) is 38.9 Å². The van der Waals surface area contributed by atoms with Gasteiger partial charge in [-0.1, -0.05) is 23.2 Å². The Bertz CT molecular complexity index is 3470. The van der Waals surface area contributed by atoms with Crippen molar-refractivity contribution in [3.63, 3.8) is 0 Å². The van der Waals surface area contributed by atoms with Gasteiger partial charge in [-0.05, 0) is 107 Å². The molecule has 426 valence electrons. The number of benzene rings is 4. The van der Waals surface area contributed by atoms with Gasteiger partial charge < -0.3 is 39.8 Å². The van der Waals surface area contributed by atoms with Gasteiger partial charge in [-0.25, -0.2) is 53.3 Å². The lowest BCUT2D eigenvalue weighted by Gasteiger charge is -2.34. The van der Waals surface area contributed by atoms with E-state index >= 15 is 0 Å². The van der Waals surface area contributed by atoms with Gasteiger partial charge in [0.1, 0.15) is 73.9 Å². The van der Waals surface area contributed by atoms with E-state index in [4.69, 9.17) is 42.1 Å². The fourth-order valence-electron chi connectivity index (χ4n) is 8.97. The molecule has 2 aliphatic carbocycles. The van der Waals surface area contributed by atoms with Gasteiger partial charge in [0.05, 0.1) is 47.5 Å². The maximum atomic E-state index is 13.6. The number of halogens is 6. The van der Waals surface area contributed by atoms with Crippen LogP contribution in [0.5, 0.6) is 23.0 Å². The molecule has 0 unspecified atom stereocenters. The summed E-state index contributed by atoms with van der Waals surface area (Å²) in [4.78, 5) is 54.1. The molecule has 0 bridgehead atoms. The van der Waals surface area contributed by atoms with Gasteiger partial charge in [-0.15, -0.1) is 34.0 Å². The Hall–Kier alpha value is -7.72. The first-order valence-corrected chi connectivity index (χ1v) is 25.6. The minimum Gasteiger partial charge on any atom is -0.493 e. The lowest BCUT2D eigenvalue weighted by atomic mass is 9.92. The molecular weight excluding hydrogens is 1230 g/mol. The van der Waals surface area contributed by atoms with Crippen molar-refractivity contribution >= 4 is 114 Å². The largest absolute Gasteiger partial charge is 0.493 e. The first-order valence-electron chi connectivity index (χ1n) is 24.8. The lowest BCUT2D eigenvalue weighted by molar-refractivity contribution is 0.106. The maximum Gasteiger partial charge on any atom is 0.372 e. The van der Waals surface area contributed by atoms with E-state index in [9.17, 15) is 18.4 Å². The third-order valence-corrected chi connectivity index (χ3v) is 13.8. The number of nitrogens with one attached hydrogen (secondary N) is 3. The molecule has 0 atom stereocenters. The van der Waals surface area contributed by atoms with Crippen LogP contribution in [0.1, 0.15) is 51.4 Å². The molecule has 0 spiro atoms. The van der Waals surface area contributed by atoms with Gasteiger partial charge >= 0.3 is 12.1 Å². The lowest BCUT2D eigenvalue weighted by Crippen LogP contribution is -2.43. The second kappa shape index (κ2) is 28.6. The summed E-state index contributed by atoms with van der Waals surface area (Å²) in [5.74, 6) is 2.56. The van der Waals surface area contributed by atoms with Crippen LogP contribution in [0.15, 0.2) is 111 Å². The van der Waals surface area contributed by atoms with Crippen LogP contribution < -0.4 is 34.9 Å². The van der Waals surface area contributed by atoms with E-state index in [0.717, 1.165) is 66.1 Å². The van der Waals surface area contributed by atoms with E-state index in [2.05, 4.69) is 66.1 Å². The number of methoxy groups -OCH3 is 2. The van der Waals surface area contributed by atoms with Crippen LogP contribution in [0.4, 0.5) is 41.4 Å². The number of hydrogen-bond acceptors (Lipinski definition) is 19. The molecule has 29 heteroatoms. The quantitative estimate of drug-likeness (QED) is 0.103. The van der Waals surface area contributed by atoms with Gasteiger partial charge in [-0.2, -0.15) is 29.3 Å². The molecule has 81 heavy (non-hydrogen) atoms. The summed E-state index contributed by atoms with van der Waals surface area (Å²) in [5, 5.41) is 22.4. The number of amides is 1. The minimum absolute atomic E-state index is 0. The van der Waals surface area contributed by atoms with E-state index in [1.54, 1.807) is 44.4 Å². The van der Waals surface area contributed by atoms with Crippen molar-refractivity contribution in [3.05, 3.63) is 133 Å². The summed E-state index contributed by atoms with van der Waals surface area (Å²) in [6.45, 7) is 0. The average molecular weight is 1280 g/mol. The van der Waals surface area contributed by atoms with Crippen molar-refractivity contribution in [1.29, 1.82) is 0 Å². The molecule has 4 aromatic carbocycles. The second-order valence-corrected chi connectivity index (χ2v) is 18.9. The highest BCUT2D eigenvalue weighted by atomic mass is 79.9. The molecule has 2 aliphatic rings. The van der Waals surface area contributed by atoms with Crippen molar-refractivity contribution in [2.45, 2.75) is 75.7 Å². The third kappa shape index (κ3) is 15.2. The van der Waals surface area contributed by atoms with Crippen LogP contribution in [0, 0.1) is 11.6 Å². The molecular formula is C52H55Br2Cl2F2N17O6. The molecule has 2 fully saturated rings.